The maximum absolute atomic E-state index is 6.36. The molecular weight excluding hydrogens is 222 g/mol. The molecular formula is C16H25NO. The molecule has 2 unspecified atom stereocenters. The molecule has 2 N–H and O–H groups in total. The van der Waals surface area contributed by atoms with Crippen molar-refractivity contribution in [3.63, 3.8) is 0 Å². The van der Waals surface area contributed by atoms with Crippen LogP contribution in [0.3, 0.4) is 0 Å². The second-order valence-electron chi connectivity index (χ2n) is 6.39. The molecule has 1 aromatic rings. The number of nitrogens with two attached hydrogens (primary N) is 1. The van der Waals surface area contributed by atoms with E-state index in [1.165, 1.54) is 24.0 Å². The second-order valence-corrected chi connectivity index (χ2v) is 6.39. The fourth-order valence-corrected chi connectivity index (χ4v) is 2.92. The van der Waals surface area contributed by atoms with Gasteiger partial charge in [-0.05, 0) is 61.8 Å². The van der Waals surface area contributed by atoms with Crippen LogP contribution in [0.15, 0.2) is 18.2 Å². The summed E-state index contributed by atoms with van der Waals surface area (Å²) in [4.78, 5) is 0. The second kappa shape index (κ2) is 4.93. The summed E-state index contributed by atoms with van der Waals surface area (Å²) in [6, 6.07) is 6.48. The highest BCUT2D eigenvalue weighted by molar-refractivity contribution is 5.33. The van der Waals surface area contributed by atoms with Gasteiger partial charge in [-0.3, -0.25) is 0 Å². The molecule has 2 atom stereocenters. The molecule has 0 aliphatic heterocycles. The van der Waals surface area contributed by atoms with Gasteiger partial charge in [0, 0.05) is 6.04 Å². The van der Waals surface area contributed by atoms with E-state index in [-0.39, 0.29) is 17.6 Å². The Balaban J connectivity index is 2.13. The zero-order chi connectivity index (χ0) is 13.3. The Morgan fingerprint density at radius 3 is 2.39 bits per heavy atom. The van der Waals surface area contributed by atoms with Crippen molar-refractivity contribution < 1.29 is 4.74 Å². The molecule has 18 heavy (non-hydrogen) atoms. The van der Waals surface area contributed by atoms with Gasteiger partial charge in [-0.1, -0.05) is 19.9 Å². The SMILES string of the molecule is Cc1cc(C)cc(OC2CCCC(C)(C)C2N)c1. The van der Waals surface area contributed by atoms with Gasteiger partial charge in [-0.2, -0.15) is 0 Å². The van der Waals surface area contributed by atoms with Crippen molar-refractivity contribution in [3.8, 4) is 5.75 Å². The summed E-state index contributed by atoms with van der Waals surface area (Å²) >= 11 is 0. The minimum Gasteiger partial charge on any atom is -0.489 e. The van der Waals surface area contributed by atoms with Crippen LogP contribution < -0.4 is 10.5 Å². The Morgan fingerprint density at radius 1 is 1.17 bits per heavy atom. The summed E-state index contributed by atoms with van der Waals surface area (Å²) in [6.07, 6.45) is 3.61. The number of rotatable bonds is 2. The van der Waals surface area contributed by atoms with Crippen LogP contribution in [-0.2, 0) is 0 Å². The van der Waals surface area contributed by atoms with Crippen LogP contribution >= 0.6 is 0 Å². The van der Waals surface area contributed by atoms with E-state index < -0.39 is 0 Å². The van der Waals surface area contributed by atoms with Gasteiger partial charge >= 0.3 is 0 Å². The van der Waals surface area contributed by atoms with Crippen molar-refractivity contribution in [2.24, 2.45) is 11.1 Å². The van der Waals surface area contributed by atoms with Gasteiger partial charge in [0.05, 0.1) is 0 Å². The molecule has 0 amide bonds. The van der Waals surface area contributed by atoms with Gasteiger partial charge in [-0.15, -0.1) is 0 Å². The monoisotopic (exact) mass is 247 g/mol. The normalized spacial score (nSPS) is 26.9. The quantitative estimate of drug-likeness (QED) is 0.867. The Bertz CT molecular complexity index is 405. The molecule has 1 fully saturated rings. The lowest BCUT2D eigenvalue weighted by Crippen LogP contribution is -2.51. The number of hydrogen-bond acceptors (Lipinski definition) is 2. The van der Waals surface area contributed by atoms with Gasteiger partial charge in [0.1, 0.15) is 11.9 Å². The lowest BCUT2D eigenvalue weighted by Gasteiger charge is -2.41. The third-order valence-electron chi connectivity index (χ3n) is 4.10. The maximum Gasteiger partial charge on any atom is 0.120 e. The Hall–Kier alpha value is -1.02. The van der Waals surface area contributed by atoms with Crippen LogP contribution in [0.1, 0.15) is 44.2 Å². The molecule has 1 saturated carbocycles. The first-order valence-corrected chi connectivity index (χ1v) is 6.89. The van der Waals surface area contributed by atoms with Gasteiger partial charge in [0.25, 0.3) is 0 Å². The van der Waals surface area contributed by atoms with E-state index in [9.17, 15) is 0 Å². The number of aryl methyl sites for hydroxylation is 2. The summed E-state index contributed by atoms with van der Waals surface area (Å²) in [5, 5.41) is 0. The van der Waals surface area contributed by atoms with Gasteiger partial charge < -0.3 is 10.5 Å². The van der Waals surface area contributed by atoms with Crippen LogP contribution in [0.25, 0.3) is 0 Å². The molecule has 2 rings (SSSR count). The van der Waals surface area contributed by atoms with Crippen molar-refractivity contribution in [1.29, 1.82) is 0 Å². The van der Waals surface area contributed by atoms with Crippen molar-refractivity contribution in [2.75, 3.05) is 0 Å². The third-order valence-corrected chi connectivity index (χ3v) is 4.10. The Labute approximate surface area is 111 Å². The zero-order valence-electron chi connectivity index (χ0n) is 12.0. The predicted molar refractivity (Wildman–Crippen MR) is 75.9 cm³/mol. The lowest BCUT2D eigenvalue weighted by atomic mass is 9.72. The molecule has 0 saturated heterocycles. The van der Waals surface area contributed by atoms with E-state index in [0.717, 1.165) is 12.2 Å². The largest absolute Gasteiger partial charge is 0.489 e. The average Bonchev–Trinajstić information content (AvgIpc) is 2.23. The van der Waals surface area contributed by atoms with Crippen molar-refractivity contribution in [3.05, 3.63) is 29.3 Å². The van der Waals surface area contributed by atoms with E-state index in [0.29, 0.717) is 0 Å². The van der Waals surface area contributed by atoms with E-state index in [4.69, 9.17) is 10.5 Å². The molecule has 0 radical (unpaired) electrons. The highest BCUT2D eigenvalue weighted by Crippen LogP contribution is 2.36. The molecule has 0 aromatic heterocycles. The molecule has 2 nitrogen and oxygen atoms in total. The maximum atomic E-state index is 6.36. The van der Waals surface area contributed by atoms with Gasteiger partial charge in [0.2, 0.25) is 0 Å². The number of hydrogen-bond donors (Lipinski definition) is 1. The Kier molecular flexibility index (Phi) is 3.67. The Morgan fingerprint density at radius 2 is 1.78 bits per heavy atom. The first-order chi connectivity index (χ1) is 8.38. The van der Waals surface area contributed by atoms with Crippen LogP contribution in [0.4, 0.5) is 0 Å². The first kappa shape index (κ1) is 13.4. The highest BCUT2D eigenvalue weighted by Gasteiger charge is 2.37. The number of benzene rings is 1. The summed E-state index contributed by atoms with van der Waals surface area (Å²) in [5.74, 6) is 0.964. The number of ether oxygens (including phenoxy) is 1. The van der Waals surface area contributed by atoms with Crippen molar-refractivity contribution >= 4 is 0 Å². The highest BCUT2D eigenvalue weighted by atomic mass is 16.5. The predicted octanol–water partition coefficient (Wildman–Crippen LogP) is 3.59. The van der Waals surface area contributed by atoms with Gasteiger partial charge in [-0.25, -0.2) is 0 Å². The fourth-order valence-electron chi connectivity index (χ4n) is 2.92. The van der Waals surface area contributed by atoms with E-state index in [1.54, 1.807) is 0 Å². The van der Waals surface area contributed by atoms with Crippen LogP contribution in [-0.4, -0.2) is 12.1 Å². The summed E-state index contributed by atoms with van der Waals surface area (Å²) < 4.78 is 6.14. The molecule has 0 spiro atoms. The van der Waals surface area contributed by atoms with Gasteiger partial charge in [0.15, 0.2) is 0 Å². The van der Waals surface area contributed by atoms with Crippen molar-refractivity contribution in [2.45, 2.75) is 59.1 Å². The molecule has 2 heteroatoms. The molecule has 0 bridgehead atoms. The van der Waals surface area contributed by atoms with E-state index in [2.05, 4.69) is 45.9 Å². The molecule has 1 aliphatic carbocycles. The van der Waals surface area contributed by atoms with Crippen LogP contribution in [0.5, 0.6) is 5.75 Å². The summed E-state index contributed by atoms with van der Waals surface area (Å²) in [6.45, 7) is 8.69. The lowest BCUT2D eigenvalue weighted by molar-refractivity contribution is 0.0567. The summed E-state index contributed by atoms with van der Waals surface area (Å²) in [7, 11) is 0. The van der Waals surface area contributed by atoms with E-state index in [1.807, 2.05) is 0 Å². The topological polar surface area (TPSA) is 35.2 Å². The minimum atomic E-state index is 0.118. The minimum absolute atomic E-state index is 0.118. The summed E-state index contributed by atoms with van der Waals surface area (Å²) in [5.41, 5.74) is 9.03. The molecule has 100 valence electrons. The van der Waals surface area contributed by atoms with E-state index >= 15 is 0 Å². The smallest absolute Gasteiger partial charge is 0.120 e. The third kappa shape index (κ3) is 2.86. The average molecular weight is 247 g/mol. The molecule has 1 aromatic carbocycles. The van der Waals surface area contributed by atoms with Crippen LogP contribution in [0, 0.1) is 19.3 Å². The molecule has 0 heterocycles. The standard InChI is InChI=1S/C16H25NO/c1-11-8-12(2)10-13(9-11)18-14-6-5-7-16(3,4)15(14)17/h8-10,14-15H,5-7,17H2,1-4H3. The van der Waals surface area contributed by atoms with Crippen LogP contribution in [0.2, 0.25) is 0 Å². The zero-order valence-corrected chi connectivity index (χ0v) is 12.0. The first-order valence-electron chi connectivity index (χ1n) is 6.89. The van der Waals surface area contributed by atoms with Crippen molar-refractivity contribution in [1.82, 2.24) is 0 Å². The molecule has 1 aliphatic rings. The fraction of sp³-hybridized carbons (Fsp3) is 0.625.